The van der Waals surface area contributed by atoms with Crippen molar-refractivity contribution in [1.82, 2.24) is 10.2 Å². The maximum atomic E-state index is 6.00. The molecule has 1 aromatic carbocycles. The summed E-state index contributed by atoms with van der Waals surface area (Å²) in [6, 6.07) is 8.39. The third-order valence-electron chi connectivity index (χ3n) is 3.57. The molecule has 2 rings (SSSR count). The molecular formula is C16H26N2O. The van der Waals surface area contributed by atoms with E-state index >= 15 is 0 Å². The molecule has 0 spiro atoms. The molecule has 1 aromatic rings. The number of rotatable bonds is 4. The zero-order valence-electron chi connectivity index (χ0n) is 12.4. The van der Waals surface area contributed by atoms with Gasteiger partial charge in [0.1, 0.15) is 12.4 Å². The minimum Gasteiger partial charge on any atom is -0.492 e. The molecule has 0 saturated carbocycles. The fraction of sp³-hybridized carbons (Fsp3) is 0.625. The Hall–Kier alpha value is -1.06. The van der Waals surface area contributed by atoms with Crippen molar-refractivity contribution >= 4 is 0 Å². The highest BCUT2D eigenvalue weighted by Crippen LogP contribution is 2.30. The van der Waals surface area contributed by atoms with E-state index in [9.17, 15) is 0 Å². The Morgan fingerprint density at radius 1 is 1.16 bits per heavy atom. The number of benzene rings is 1. The van der Waals surface area contributed by atoms with Gasteiger partial charge in [-0.15, -0.1) is 0 Å². The Balaban J connectivity index is 1.88. The normalized spacial score (nSPS) is 17.4. The second-order valence-electron chi connectivity index (χ2n) is 6.19. The number of para-hydroxylation sites is 1. The Morgan fingerprint density at radius 3 is 2.53 bits per heavy atom. The standard InChI is InChI=1S/C16H26N2O/c1-16(2,3)14-6-4-5-7-15(14)19-13-12-18-10-8-17-9-11-18/h4-7,17H,8-13H2,1-3H3. The first-order valence-corrected chi connectivity index (χ1v) is 7.23. The van der Waals surface area contributed by atoms with Crippen molar-refractivity contribution in [1.29, 1.82) is 0 Å². The summed E-state index contributed by atoms with van der Waals surface area (Å²) in [5.74, 6) is 1.03. The summed E-state index contributed by atoms with van der Waals surface area (Å²) in [4.78, 5) is 2.45. The Morgan fingerprint density at radius 2 is 1.84 bits per heavy atom. The predicted molar refractivity (Wildman–Crippen MR) is 79.9 cm³/mol. The predicted octanol–water partition coefficient (Wildman–Crippen LogP) is 2.27. The summed E-state index contributed by atoms with van der Waals surface area (Å²) in [5, 5.41) is 3.37. The summed E-state index contributed by atoms with van der Waals surface area (Å²) >= 11 is 0. The van der Waals surface area contributed by atoms with E-state index in [0.717, 1.165) is 45.1 Å². The largest absolute Gasteiger partial charge is 0.492 e. The average molecular weight is 262 g/mol. The van der Waals surface area contributed by atoms with Crippen LogP contribution in [-0.2, 0) is 5.41 Å². The van der Waals surface area contributed by atoms with Gasteiger partial charge in [0.05, 0.1) is 0 Å². The van der Waals surface area contributed by atoms with E-state index in [0.29, 0.717) is 0 Å². The van der Waals surface area contributed by atoms with E-state index in [1.165, 1.54) is 5.56 Å². The van der Waals surface area contributed by atoms with Gasteiger partial charge in [-0.3, -0.25) is 4.90 Å². The van der Waals surface area contributed by atoms with E-state index in [-0.39, 0.29) is 5.41 Å². The van der Waals surface area contributed by atoms with Crippen LogP contribution >= 0.6 is 0 Å². The average Bonchev–Trinajstić information content (AvgIpc) is 2.39. The Kier molecular flexibility index (Phi) is 4.83. The van der Waals surface area contributed by atoms with Crippen LogP contribution in [0.1, 0.15) is 26.3 Å². The molecule has 106 valence electrons. The Labute approximate surface area is 116 Å². The zero-order valence-corrected chi connectivity index (χ0v) is 12.4. The monoisotopic (exact) mass is 262 g/mol. The first kappa shape index (κ1) is 14.4. The van der Waals surface area contributed by atoms with E-state index in [1.54, 1.807) is 0 Å². The maximum Gasteiger partial charge on any atom is 0.123 e. The molecule has 0 radical (unpaired) electrons. The van der Waals surface area contributed by atoms with Crippen LogP contribution in [0, 0.1) is 0 Å². The van der Waals surface area contributed by atoms with E-state index in [2.05, 4.69) is 55.3 Å². The lowest BCUT2D eigenvalue weighted by atomic mass is 9.86. The molecule has 0 unspecified atom stereocenters. The minimum atomic E-state index is 0.131. The summed E-state index contributed by atoms with van der Waals surface area (Å²) in [6.45, 7) is 12.9. The highest BCUT2D eigenvalue weighted by molar-refractivity contribution is 5.38. The molecule has 1 aliphatic rings. The molecule has 1 saturated heterocycles. The Bertz CT molecular complexity index is 392. The highest BCUT2D eigenvalue weighted by atomic mass is 16.5. The molecule has 1 heterocycles. The quantitative estimate of drug-likeness (QED) is 0.901. The summed E-state index contributed by atoms with van der Waals surface area (Å²) < 4.78 is 6.00. The number of hydrogen-bond acceptors (Lipinski definition) is 3. The van der Waals surface area contributed by atoms with Crippen LogP contribution in [0.25, 0.3) is 0 Å². The SMILES string of the molecule is CC(C)(C)c1ccccc1OCCN1CCNCC1. The minimum absolute atomic E-state index is 0.131. The molecule has 0 aromatic heterocycles. The number of hydrogen-bond donors (Lipinski definition) is 1. The number of ether oxygens (including phenoxy) is 1. The van der Waals surface area contributed by atoms with Crippen LogP contribution < -0.4 is 10.1 Å². The topological polar surface area (TPSA) is 24.5 Å². The number of nitrogens with zero attached hydrogens (tertiary/aromatic N) is 1. The lowest BCUT2D eigenvalue weighted by molar-refractivity contribution is 0.189. The van der Waals surface area contributed by atoms with Crippen molar-refractivity contribution in [3.05, 3.63) is 29.8 Å². The van der Waals surface area contributed by atoms with Gasteiger partial charge in [0.25, 0.3) is 0 Å². The fourth-order valence-electron chi connectivity index (χ4n) is 2.43. The molecule has 3 heteroatoms. The van der Waals surface area contributed by atoms with Crippen LogP contribution in [0.2, 0.25) is 0 Å². The van der Waals surface area contributed by atoms with E-state index in [4.69, 9.17) is 4.74 Å². The number of piperazine rings is 1. The molecule has 1 fully saturated rings. The van der Waals surface area contributed by atoms with Crippen LogP contribution in [0.5, 0.6) is 5.75 Å². The first-order valence-electron chi connectivity index (χ1n) is 7.23. The highest BCUT2D eigenvalue weighted by Gasteiger charge is 2.18. The van der Waals surface area contributed by atoms with Crippen molar-refractivity contribution in [2.45, 2.75) is 26.2 Å². The van der Waals surface area contributed by atoms with Crippen LogP contribution in [-0.4, -0.2) is 44.2 Å². The van der Waals surface area contributed by atoms with Gasteiger partial charge in [-0.25, -0.2) is 0 Å². The van der Waals surface area contributed by atoms with Crippen LogP contribution in [0.3, 0.4) is 0 Å². The summed E-state index contributed by atoms with van der Waals surface area (Å²) in [7, 11) is 0. The van der Waals surface area contributed by atoms with Gasteiger partial charge in [0.15, 0.2) is 0 Å². The molecule has 19 heavy (non-hydrogen) atoms. The summed E-state index contributed by atoms with van der Waals surface area (Å²) in [6.07, 6.45) is 0. The molecule has 1 aliphatic heterocycles. The zero-order chi connectivity index (χ0) is 13.7. The number of nitrogens with one attached hydrogen (secondary N) is 1. The fourth-order valence-corrected chi connectivity index (χ4v) is 2.43. The van der Waals surface area contributed by atoms with Crippen molar-refractivity contribution in [2.75, 3.05) is 39.3 Å². The lowest BCUT2D eigenvalue weighted by Gasteiger charge is -2.28. The molecule has 0 aliphatic carbocycles. The second kappa shape index (κ2) is 6.40. The van der Waals surface area contributed by atoms with Gasteiger partial charge >= 0.3 is 0 Å². The van der Waals surface area contributed by atoms with Gasteiger partial charge in [-0.2, -0.15) is 0 Å². The van der Waals surface area contributed by atoms with Crippen molar-refractivity contribution in [3.8, 4) is 5.75 Å². The van der Waals surface area contributed by atoms with Crippen molar-refractivity contribution < 1.29 is 4.74 Å². The van der Waals surface area contributed by atoms with Crippen molar-refractivity contribution in [3.63, 3.8) is 0 Å². The molecule has 3 nitrogen and oxygen atoms in total. The maximum absolute atomic E-state index is 6.00. The molecule has 0 atom stereocenters. The molecule has 0 bridgehead atoms. The second-order valence-corrected chi connectivity index (χ2v) is 6.19. The van der Waals surface area contributed by atoms with Crippen molar-refractivity contribution in [2.24, 2.45) is 0 Å². The van der Waals surface area contributed by atoms with Crippen LogP contribution in [0.15, 0.2) is 24.3 Å². The smallest absolute Gasteiger partial charge is 0.123 e. The molecule has 1 N–H and O–H groups in total. The van der Waals surface area contributed by atoms with E-state index in [1.807, 2.05) is 0 Å². The summed E-state index contributed by atoms with van der Waals surface area (Å²) in [5.41, 5.74) is 1.42. The van der Waals surface area contributed by atoms with Gasteiger partial charge in [-0.05, 0) is 17.0 Å². The third kappa shape index (κ3) is 4.22. The van der Waals surface area contributed by atoms with E-state index < -0.39 is 0 Å². The van der Waals surface area contributed by atoms with Gasteiger partial charge in [0, 0.05) is 32.7 Å². The molecular weight excluding hydrogens is 236 g/mol. The van der Waals surface area contributed by atoms with Crippen LogP contribution in [0.4, 0.5) is 0 Å². The first-order chi connectivity index (χ1) is 9.07. The third-order valence-corrected chi connectivity index (χ3v) is 3.57. The van der Waals surface area contributed by atoms with Gasteiger partial charge < -0.3 is 10.1 Å². The van der Waals surface area contributed by atoms with Gasteiger partial charge in [-0.1, -0.05) is 39.0 Å². The molecule has 0 amide bonds. The lowest BCUT2D eigenvalue weighted by Crippen LogP contribution is -2.44. The van der Waals surface area contributed by atoms with Gasteiger partial charge in [0.2, 0.25) is 0 Å².